The van der Waals surface area contributed by atoms with E-state index in [-0.39, 0.29) is 12.5 Å². The predicted octanol–water partition coefficient (Wildman–Crippen LogP) is 3.08. The van der Waals surface area contributed by atoms with Crippen LogP contribution in [0.1, 0.15) is 17.0 Å². The number of likely N-dealkylation sites (N-methyl/N-ethyl adjacent to an activating group) is 1. The molecule has 0 spiro atoms. The van der Waals surface area contributed by atoms with Gasteiger partial charge in [0.05, 0.1) is 6.16 Å². The maximum Gasteiger partial charge on any atom is 0.326 e. The van der Waals surface area contributed by atoms with Crippen molar-refractivity contribution in [1.82, 2.24) is 14.3 Å². The van der Waals surface area contributed by atoms with Gasteiger partial charge in [0.1, 0.15) is 0 Å². The number of hydrogen-bond donors (Lipinski definition) is 4. The van der Waals surface area contributed by atoms with Crippen molar-refractivity contribution in [3.63, 3.8) is 0 Å². The highest BCUT2D eigenvalue weighted by Gasteiger charge is 2.27. The number of allylic oxidation sites excluding steroid dienone is 3. The Balaban J connectivity index is 2.25. The fraction of sp³-hybridized carbons (Fsp3) is 0.333. The quantitative estimate of drug-likeness (QED) is 0.322. The molecule has 4 N–H and O–H groups in total. The molecule has 0 amide bonds. The molecule has 160 valence electrons. The summed E-state index contributed by atoms with van der Waals surface area (Å²) in [6, 6.07) is 3.62. The fourth-order valence-corrected chi connectivity index (χ4v) is 4.76. The summed E-state index contributed by atoms with van der Waals surface area (Å²) in [5.74, 6) is -0.0734. The lowest BCUT2D eigenvalue weighted by molar-refractivity contribution is 0.295. The lowest BCUT2D eigenvalue weighted by Crippen LogP contribution is -2.33. The minimum atomic E-state index is -4.14. The van der Waals surface area contributed by atoms with Gasteiger partial charge in [-0.05, 0) is 35.9 Å². The highest BCUT2D eigenvalue weighted by Crippen LogP contribution is 2.38. The first-order chi connectivity index (χ1) is 13.6. The molecule has 1 aliphatic heterocycles. The lowest BCUT2D eigenvalue weighted by atomic mass is 9.84. The van der Waals surface area contributed by atoms with E-state index in [1.54, 1.807) is 24.4 Å². The van der Waals surface area contributed by atoms with Gasteiger partial charge in [0.25, 0.3) is 0 Å². The number of rotatable bonds is 9. The minimum absolute atomic E-state index is 0.0734. The largest absolute Gasteiger partial charge is 0.326 e. The molecule has 2 atom stereocenters. The fourth-order valence-electron chi connectivity index (χ4n) is 3.02. The minimum Gasteiger partial charge on any atom is -0.324 e. The molecular formula is C18H24Cl2N3O4PS. The van der Waals surface area contributed by atoms with E-state index < -0.39 is 24.9 Å². The molecule has 11 heteroatoms. The molecule has 0 aromatic heterocycles. The number of hydrogen-bond acceptors (Lipinski definition) is 3. The number of nitrogens with zero attached hydrogens (tertiary/aromatic N) is 1. The van der Waals surface area contributed by atoms with E-state index >= 15 is 0 Å². The van der Waals surface area contributed by atoms with Crippen LogP contribution in [0.15, 0.2) is 48.7 Å². The van der Waals surface area contributed by atoms with Crippen LogP contribution in [-0.2, 0) is 22.3 Å². The van der Waals surface area contributed by atoms with E-state index in [1.807, 2.05) is 19.2 Å². The van der Waals surface area contributed by atoms with E-state index in [0.717, 1.165) is 16.7 Å². The van der Waals surface area contributed by atoms with E-state index in [9.17, 15) is 8.77 Å². The van der Waals surface area contributed by atoms with Crippen molar-refractivity contribution >= 4 is 42.0 Å². The maximum atomic E-state index is 12.1. The third kappa shape index (κ3) is 7.66. The molecule has 1 heterocycles. The van der Waals surface area contributed by atoms with E-state index in [0.29, 0.717) is 23.1 Å². The van der Waals surface area contributed by atoms with E-state index in [2.05, 4.69) is 20.9 Å². The number of nitrogens with one attached hydrogen (secondary N) is 2. The Morgan fingerprint density at radius 1 is 1.45 bits per heavy atom. The summed E-state index contributed by atoms with van der Waals surface area (Å²) < 4.78 is 28.2. The molecule has 0 fully saturated rings. The maximum absolute atomic E-state index is 12.1. The predicted molar refractivity (Wildman–Crippen MR) is 119 cm³/mol. The van der Waals surface area contributed by atoms with Crippen LogP contribution in [0.25, 0.3) is 0 Å². The number of fused-ring (bicyclic) bond motifs is 1. The van der Waals surface area contributed by atoms with Crippen molar-refractivity contribution in [3.05, 3.63) is 69.9 Å². The van der Waals surface area contributed by atoms with Crippen LogP contribution in [0.2, 0.25) is 10.0 Å². The molecule has 0 saturated heterocycles. The Bertz CT molecular complexity index is 888. The summed E-state index contributed by atoms with van der Waals surface area (Å²) >= 11 is 10.9. The Morgan fingerprint density at radius 3 is 2.83 bits per heavy atom. The van der Waals surface area contributed by atoms with E-state index in [4.69, 9.17) is 33.0 Å². The molecule has 2 unspecified atom stereocenters. The standard InChI is InChI=1S/C18H24Cl2N3O4PS/c1-3-4-5-13(10-22-29(27)21-6-7-28(24,25)26)16-11-23(2)12-17-15(16)8-14(19)9-18(17)20/h3-5,8-10,16,21-22H,1,6-7,11-12H2,2H3,(H2,24,25,26)/b5-4-,13-10+. The monoisotopic (exact) mass is 479 g/mol. The molecule has 1 aromatic carbocycles. The van der Waals surface area contributed by atoms with Gasteiger partial charge in [-0.2, -0.15) is 0 Å². The molecule has 1 aromatic rings. The summed E-state index contributed by atoms with van der Waals surface area (Å²) in [7, 11) is -2.15. The van der Waals surface area contributed by atoms with Crippen LogP contribution in [-0.4, -0.2) is 45.2 Å². The average Bonchev–Trinajstić information content (AvgIpc) is 2.61. The smallest absolute Gasteiger partial charge is 0.324 e. The van der Waals surface area contributed by atoms with Crippen molar-refractivity contribution in [2.75, 3.05) is 26.3 Å². The zero-order chi connectivity index (χ0) is 21.6. The highest BCUT2D eigenvalue weighted by atomic mass is 35.5. The summed E-state index contributed by atoms with van der Waals surface area (Å²) in [5, 5.41) is 1.15. The van der Waals surface area contributed by atoms with Crippen molar-refractivity contribution in [1.29, 1.82) is 0 Å². The first-order valence-electron chi connectivity index (χ1n) is 8.72. The zero-order valence-corrected chi connectivity index (χ0v) is 19.1. The second-order valence-corrected chi connectivity index (χ2v) is 10.3. The van der Waals surface area contributed by atoms with Gasteiger partial charge in [-0.3, -0.25) is 9.29 Å². The molecular weight excluding hydrogens is 456 g/mol. The third-order valence-corrected chi connectivity index (χ3v) is 6.45. The Labute approximate surface area is 183 Å². The number of halogens is 2. The Hall–Kier alpha value is -0.960. The molecule has 7 nitrogen and oxygen atoms in total. The van der Waals surface area contributed by atoms with Gasteiger partial charge in [-0.1, -0.05) is 48.0 Å². The summed E-state index contributed by atoms with van der Waals surface area (Å²) in [6.45, 7) is 5.01. The highest BCUT2D eigenvalue weighted by molar-refractivity contribution is 7.81. The topological polar surface area (TPSA) is 102 Å². The van der Waals surface area contributed by atoms with E-state index in [1.165, 1.54) is 0 Å². The molecule has 0 aliphatic carbocycles. The zero-order valence-electron chi connectivity index (χ0n) is 15.8. The molecule has 1 aliphatic rings. The van der Waals surface area contributed by atoms with Gasteiger partial charge < -0.3 is 14.7 Å². The van der Waals surface area contributed by atoms with Crippen LogP contribution in [0.3, 0.4) is 0 Å². The summed E-state index contributed by atoms with van der Waals surface area (Å²) in [4.78, 5) is 19.9. The van der Waals surface area contributed by atoms with Gasteiger partial charge in [-0.15, -0.1) is 0 Å². The van der Waals surface area contributed by atoms with Crippen LogP contribution in [0.5, 0.6) is 0 Å². The van der Waals surface area contributed by atoms with Crippen molar-refractivity contribution < 1.29 is 18.6 Å². The van der Waals surface area contributed by atoms with Crippen molar-refractivity contribution in [2.24, 2.45) is 0 Å². The number of benzene rings is 1. The Kier molecular flexibility index (Phi) is 9.13. The first kappa shape index (κ1) is 24.3. The van der Waals surface area contributed by atoms with Crippen molar-refractivity contribution in [2.45, 2.75) is 12.5 Å². The van der Waals surface area contributed by atoms with Gasteiger partial charge in [-0.25, -0.2) is 8.93 Å². The lowest BCUT2D eigenvalue weighted by Gasteiger charge is -2.34. The van der Waals surface area contributed by atoms with Gasteiger partial charge >= 0.3 is 7.60 Å². The summed E-state index contributed by atoms with van der Waals surface area (Å²) in [5.41, 5.74) is 2.83. The molecule has 0 saturated carbocycles. The SMILES string of the molecule is C=C/C=C\C(=C/NS(=O)NCCP(=O)(O)O)C1CN(C)Cc2c(Cl)cc(Cl)cc21. The normalized spacial score (nSPS) is 19.2. The van der Waals surface area contributed by atoms with Crippen molar-refractivity contribution in [3.8, 4) is 0 Å². The van der Waals surface area contributed by atoms with Crippen LogP contribution in [0.4, 0.5) is 0 Å². The van der Waals surface area contributed by atoms with Crippen LogP contribution in [0, 0.1) is 0 Å². The van der Waals surface area contributed by atoms with Gasteiger partial charge in [0.2, 0.25) is 0 Å². The molecule has 0 bridgehead atoms. The third-order valence-electron chi connectivity index (χ3n) is 4.29. The van der Waals surface area contributed by atoms with Gasteiger partial charge in [0, 0.05) is 41.8 Å². The second kappa shape index (κ2) is 10.9. The van der Waals surface area contributed by atoms with Crippen LogP contribution < -0.4 is 9.44 Å². The Morgan fingerprint density at radius 2 is 2.17 bits per heavy atom. The van der Waals surface area contributed by atoms with Crippen LogP contribution >= 0.6 is 30.8 Å². The summed E-state index contributed by atoms with van der Waals surface area (Å²) in [6.07, 6.45) is 6.49. The first-order valence-corrected chi connectivity index (χ1v) is 12.4. The average molecular weight is 480 g/mol. The molecule has 0 radical (unpaired) electrons. The molecule has 29 heavy (non-hydrogen) atoms. The second-order valence-electron chi connectivity index (χ2n) is 6.61. The molecule has 2 rings (SSSR count). The van der Waals surface area contributed by atoms with Gasteiger partial charge in [0.15, 0.2) is 11.2 Å².